The summed E-state index contributed by atoms with van der Waals surface area (Å²) in [6, 6.07) is 5.33. The fourth-order valence-corrected chi connectivity index (χ4v) is 2.18. The van der Waals surface area contributed by atoms with Gasteiger partial charge in [-0.2, -0.15) is 9.97 Å². The first-order valence-corrected chi connectivity index (χ1v) is 7.36. The molecular weight excluding hydrogens is 309 g/mol. The molecule has 0 saturated carbocycles. The van der Waals surface area contributed by atoms with E-state index in [1.54, 1.807) is 18.2 Å². The molecule has 0 spiro atoms. The summed E-state index contributed by atoms with van der Waals surface area (Å²) in [5, 5.41) is 7.48. The first-order chi connectivity index (χ1) is 9.99. The third-order valence-corrected chi connectivity index (χ3v) is 3.53. The van der Waals surface area contributed by atoms with Gasteiger partial charge in [0.25, 0.3) is 0 Å². The molecule has 21 heavy (non-hydrogen) atoms. The van der Waals surface area contributed by atoms with Gasteiger partial charge in [0, 0.05) is 17.6 Å². The lowest BCUT2D eigenvalue weighted by Crippen LogP contribution is -2.07. The quantitative estimate of drug-likeness (QED) is 0.766. The topological polar surface area (TPSA) is 75.9 Å². The Morgan fingerprint density at radius 1 is 1.10 bits per heavy atom. The highest BCUT2D eigenvalue weighted by Crippen LogP contribution is 2.31. The zero-order valence-corrected chi connectivity index (χ0v) is 13.4. The van der Waals surface area contributed by atoms with Gasteiger partial charge in [-0.1, -0.05) is 30.1 Å². The Balaban J connectivity index is 2.27. The van der Waals surface area contributed by atoms with Gasteiger partial charge in [0.15, 0.2) is 0 Å². The van der Waals surface area contributed by atoms with Crippen molar-refractivity contribution in [2.75, 3.05) is 22.9 Å². The first-order valence-electron chi connectivity index (χ1n) is 6.60. The number of hydrogen-bond donors (Lipinski definition) is 3. The molecule has 4 N–H and O–H groups in total. The molecule has 5 nitrogen and oxygen atoms in total. The van der Waals surface area contributed by atoms with Gasteiger partial charge in [0.05, 0.1) is 10.7 Å². The van der Waals surface area contributed by atoms with Gasteiger partial charge < -0.3 is 16.4 Å². The molecule has 2 aromatic rings. The van der Waals surface area contributed by atoms with E-state index in [-0.39, 0.29) is 5.95 Å². The molecular formula is C14H17Cl2N5. The Kier molecular flexibility index (Phi) is 5.09. The van der Waals surface area contributed by atoms with E-state index in [1.165, 1.54) is 0 Å². The Hall–Kier alpha value is -1.72. The van der Waals surface area contributed by atoms with Gasteiger partial charge in [0.2, 0.25) is 5.95 Å². The molecule has 1 aromatic heterocycles. The fourth-order valence-electron chi connectivity index (χ4n) is 1.75. The molecule has 0 amide bonds. The molecule has 0 radical (unpaired) electrons. The molecule has 0 fully saturated rings. The van der Waals surface area contributed by atoms with Crippen LogP contribution in [0.1, 0.15) is 18.9 Å². The summed E-state index contributed by atoms with van der Waals surface area (Å²) in [6.07, 6.45) is 0.992. The highest BCUT2D eigenvalue weighted by atomic mass is 35.5. The fraction of sp³-hybridized carbons (Fsp3) is 0.286. The van der Waals surface area contributed by atoms with E-state index in [1.807, 2.05) is 6.92 Å². The van der Waals surface area contributed by atoms with Crippen LogP contribution in [0.2, 0.25) is 10.0 Å². The Morgan fingerprint density at radius 3 is 2.52 bits per heavy atom. The van der Waals surface area contributed by atoms with Crippen molar-refractivity contribution in [3.8, 4) is 0 Å². The highest BCUT2D eigenvalue weighted by molar-refractivity contribution is 6.35. The van der Waals surface area contributed by atoms with Crippen molar-refractivity contribution < 1.29 is 0 Å². The van der Waals surface area contributed by atoms with Crippen molar-refractivity contribution >= 4 is 46.5 Å². The molecule has 0 saturated heterocycles. The number of halogens is 2. The molecule has 0 unspecified atom stereocenters. The second-order valence-corrected chi connectivity index (χ2v) is 5.44. The summed E-state index contributed by atoms with van der Waals surface area (Å²) in [5.74, 6) is 1.41. The molecule has 1 heterocycles. The summed E-state index contributed by atoms with van der Waals surface area (Å²) < 4.78 is 0. The predicted octanol–water partition coefficient (Wildman–Crippen LogP) is 4.24. The smallest absolute Gasteiger partial charge is 0.223 e. The van der Waals surface area contributed by atoms with Crippen LogP contribution in [0.15, 0.2) is 18.2 Å². The summed E-state index contributed by atoms with van der Waals surface area (Å²) in [5.41, 5.74) is 7.30. The monoisotopic (exact) mass is 325 g/mol. The van der Waals surface area contributed by atoms with Crippen LogP contribution >= 0.6 is 23.2 Å². The van der Waals surface area contributed by atoms with Crippen LogP contribution in [0.4, 0.5) is 23.3 Å². The second-order valence-electron chi connectivity index (χ2n) is 4.63. The highest BCUT2D eigenvalue weighted by Gasteiger charge is 2.08. The number of nitrogen functional groups attached to an aromatic ring is 1. The number of nitrogens with one attached hydrogen (secondary N) is 2. The van der Waals surface area contributed by atoms with E-state index < -0.39 is 0 Å². The molecule has 0 atom stereocenters. The van der Waals surface area contributed by atoms with Crippen molar-refractivity contribution in [1.82, 2.24) is 9.97 Å². The number of nitrogens with two attached hydrogens (primary N) is 1. The second kappa shape index (κ2) is 6.83. The van der Waals surface area contributed by atoms with Gasteiger partial charge in [0.1, 0.15) is 11.6 Å². The van der Waals surface area contributed by atoms with E-state index in [0.29, 0.717) is 27.4 Å². The van der Waals surface area contributed by atoms with Crippen LogP contribution < -0.4 is 16.4 Å². The number of benzene rings is 1. The van der Waals surface area contributed by atoms with Crippen LogP contribution in [0.5, 0.6) is 0 Å². The molecule has 112 valence electrons. The Morgan fingerprint density at radius 2 is 1.81 bits per heavy atom. The Bertz CT molecular complexity index is 646. The Labute approximate surface area is 133 Å². The number of hydrogen-bond acceptors (Lipinski definition) is 5. The molecule has 0 bridgehead atoms. The predicted molar refractivity (Wildman–Crippen MR) is 89.7 cm³/mol. The van der Waals surface area contributed by atoms with Crippen molar-refractivity contribution in [3.05, 3.63) is 33.8 Å². The molecule has 7 heteroatoms. The molecule has 1 aromatic carbocycles. The van der Waals surface area contributed by atoms with Crippen molar-refractivity contribution in [3.63, 3.8) is 0 Å². The van der Waals surface area contributed by atoms with Gasteiger partial charge in [-0.05, 0) is 31.0 Å². The maximum absolute atomic E-state index is 6.20. The van der Waals surface area contributed by atoms with Crippen LogP contribution in [-0.2, 0) is 0 Å². The van der Waals surface area contributed by atoms with E-state index in [4.69, 9.17) is 28.9 Å². The van der Waals surface area contributed by atoms with Crippen LogP contribution in [0.25, 0.3) is 0 Å². The summed E-state index contributed by atoms with van der Waals surface area (Å²) >= 11 is 12.3. The van der Waals surface area contributed by atoms with Crippen LogP contribution in [-0.4, -0.2) is 16.5 Å². The van der Waals surface area contributed by atoms with Crippen molar-refractivity contribution in [2.24, 2.45) is 0 Å². The third kappa shape index (κ3) is 4.12. The normalized spacial score (nSPS) is 10.5. The van der Waals surface area contributed by atoms with Crippen molar-refractivity contribution in [1.29, 1.82) is 0 Å². The van der Waals surface area contributed by atoms with Gasteiger partial charge in [-0.3, -0.25) is 0 Å². The average molecular weight is 326 g/mol. The van der Waals surface area contributed by atoms with Crippen molar-refractivity contribution in [2.45, 2.75) is 20.3 Å². The average Bonchev–Trinajstić information content (AvgIpc) is 2.42. The minimum Gasteiger partial charge on any atom is -0.370 e. The van der Waals surface area contributed by atoms with Gasteiger partial charge >= 0.3 is 0 Å². The zero-order chi connectivity index (χ0) is 15.4. The molecule has 2 rings (SSSR count). The van der Waals surface area contributed by atoms with Crippen LogP contribution in [0, 0.1) is 6.92 Å². The minimum atomic E-state index is 0.188. The number of aromatic nitrogens is 2. The van der Waals surface area contributed by atoms with Gasteiger partial charge in [-0.15, -0.1) is 0 Å². The standard InChI is InChI=1S/C14H17Cl2N5/c1-3-4-18-12-7-13(21-14(17)20-12)19-11-6-9(15)8(2)5-10(11)16/h5-7H,3-4H2,1-2H3,(H4,17,18,19,20,21). The number of aryl methyl sites for hydroxylation is 1. The maximum Gasteiger partial charge on any atom is 0.223 e. The number of anilines is 4. The minimum absolute atomic E-state index is 0.188. The maximum atomic E-state index is 6.20. The summed E-state index contributed by atoms with van der Waals surface area (Å²) in [6.45, 7) is 4.78. The lowest BCUT2D eigenvalue weighted by Gasteiger charge is -2.12. The lowest BCUT2D eigenvalue weighted by atomic mass is 10.2. The van der Waals surface area contributed by atoms with E-state index >= 15 is 0 Å². The molecule has 0 aliphatic rings. The van der Waals surface area contributed by atoms with E-state index in [2.05, 4.69) is 27.5 Å². The molecule has 0 aliphatic carbocycles. The van der Waals surface area contributed by atoms with E-state index in [9.17, 15) is 0 Å². The SMILES string of the molecule is CCCNc1cc(Nc2cc(Cl)c(C)cc2Cl)nc(N)n1. The van der Waals surface area contributed by atoms with Crippen LogP contribution in [0.3, 0.4) is 0 Å². The largest absolute Gasteiger partial charge is 0.370 e. The zero-order valence-electron chi connectivity index (χ0n) is 11.9. The number of rotatable bonds is 5. The number of nitrogens with zero attached hydrogens (tertiary/aromatic N) is 2. The molecule has 0 aliphatic heterocycles. The van der Waals surface area contributed by atoms with Gasteiger partial charge in [-0.25, -0.2) is 0 Å². The summed E-state index contributed by atoms with van der Waals surface area (Å²) in [4.78, 5) is 8.27. The lowest BCUT2D eigenvalue weighted by molar-refractivity contribution is 0.967. The third-order valence-electron chi connectivity index (χ3n) is 2.81. The summed E-state index contributed by atoms with van der Waals surface area (Å²) in [7, 11) is 0. The first kappa shape index (κ1) is 15.7. The van der Waals surface area contributed by atoms with E-state index in [0.717, 1.165) is 18.5 Å².